The van der Waals surface area contributed by atoms with E-state index in [1.54, 1.807) is 4.90 Å². The van der Waals surface area contributed by atoms with Crippen LogP contribution in [0.3, 0.4) is 0 Å². The number of morpholine rings is 1. The average Bonchev–Trinajstić information content (AvgIpc) is 3.15. The molecule has 2 saturated heterocycles. The number of para-hydroxylation sites is 1. The number of likely N-dealkylation sites (tertiary alicyclic amines) is 1. The van der Waals surface area contributed by atoms with Crippen LogP contribution in [0, 0.1) is 11.8 Å². The normalized spacial score (nSPS) is 23.2. The van der Waals surface area contributed by atoms with Crippen molar-refractivity contribution >= 4 is 16.8 Å². The molecular formula is C20H26N4O4. The van der Waals surface area contributed by atoms with Crippen LogP contribution in [0.15, 0.2) is 30.6 Å². The first-order valence-corrected chi connectivity index (χ1v) is 9.76. The first-order valence-electron chi connectivity index (χ1n) is 9.76. The lowest BCUT2D eigenvalue weighted by molar-refractivity contribution is -0.132. The topological polar surface area (TPSA) is 88.0 Å². The molecule has 0 saturated carbocycles. The number of aromatic nitrogens is 2. The largest absolute Gasteiger partial charge is 0.467 e. The van der Waals surface area contributed by atoms with Gasteiger partial charge in [-0.2, -0.15) is 0 Å². The number of carbonyl (C=O) groups excluding carboxylic acids is 1. The quantitative estimate of drug-likeness (QED) is 0.769. The Morgan fingerprint density at radius 2 is 1.96 bits per heavy atom. The minimum absolute atomic E-state index is 0.0660. The number of aliphatic hydroxyl groups excluding tert-OH is 1. The van der Waals surface area contributed by atoms with Crippen molar-refractivity contribution in [3.63, 3.8) is 0 Å². The number of hydrogen-bond donors (Lipinski definition) is 1. The number of benzene rings is 1. The molecule has 8 nitrogen and oxygen atoms in total. The maximum Gasteiger partial charge on any atom is 0.260 e. The third kappa shape index (κ3) is 4.24. The van der Waals surface area contributed by atoms with Gasteiger partial charge in [0.1, 0.15) is 6.33 Å². The second-order valence-corrected chi connectivity index (χ2v) is 7.40. The molecule has 2 atom stereocenters. The van der Waals surface area contributed by atoms with Crippen molar-refractivity contribution in [3.8, 4) is 5.88 Å². The van der Waals surface area contributed by atoms with Crippen molar-refractivity contribution in [3.05, 3.63) is 30.6 Å². The molecule has 3 heterocycles. The molecule has 2 aliphatic heterocycles. The summed E-state index contributed by atoms with van der Waals surface area (Å²) in [4.78, 5) is 25.2. The first kappa shape index (κ1) is 19.0. The Morgan fingerprint density at radius 1 is 1.18 bits per heavy atom. The summed E-state index contributed by atoms with van der Waals surface area (Å²) in [7, 11) is 0. The van der Waals surface area contributed by atoms with E-state index in [0.29, 0.717) is 19.0 Å². The molecule has 1 N–H and O–H groups in total. The molecule has 4 rings (SSSR count). The zero-order valence-corrected chi connectivity index (χ0v) is 15.9. The van der Waals surface area contributed by atoms with E-state index in [0.717, 1.165) is 43.8 Å². The molecular weight excluding hydrogens is 360 g/mol. The van der Waals surface area contributed by atoms with Gasteiger partial charge in [0.25, 0.3) is 5.91 Å². The highest BCUT2D eigenvalue weighted by Crippen LogP contribution is 2.25. The number of rotatable bonds is 6. The monoisotopic (exact) mass is 386 g/mol. The molecule has 0 radical (unpaired) electrons. The fraction of sp³-hybridized carbons (Fsp3) is 0.550. The van der Waals surface area contributed by atoms with Crippen LogP contribution < -0.4 is 4.74 Å². The lowest BCUT2D eigenvalue weighted by atomic mass is 9.96. The van der Waals surface area contributed by atoms with Crippen LogP contribution in [0.1, 0.15) is 0 Å². The number of amides is 1. The van der Waals surface area contributed by atoms with Crippen LogP contribution in [-0.2, 0) is 9.53 Å². The molecule has 2 fully saturated rings. The van der Waals surface area contributed by atoms with Gasteiger partial charge in [-0.25, -0.2) is 9.97 Å². The average molecular weight is 386 g/mol. The fourth-order valence-electron chi connectivity index (χ4n) is 3.99. The summed E-state index contributed by atoms with van der Waals surface area (Å²) in [6.45, 7) is 5.45. The van der Waals surface area contributed by atoms with Gasteiger partial charge in [-0.3, -0.25) is 9.69 Å². The Labute approximate surface area is 164 Å². The van der Waals surface area contributed by atoms with Crippen LogP contribution in [0.25, 0.3) is 10.9 Å². The molecule has 1 aromatic heterocycles. The zero-order chi connectivity index (χ0) is 19.3. The van der Waals surface area contributed by atoms with Crippen molar-refractivity contribution in [1.82, 2.24) is 19.8 Å². The smallest absolute Gasteiger partial charge is 0.260 e. The van der Waals surface area contributed by atoms with Crippen LogP contribution in [-0.4, -0.2) is 89.9 Å². The highest BCUT2D eigenvalue weighted by Gasteiger charge is 2.36. The Hall–Kier alpha value is -2.29. The van der Waals surface area contributed by atoms with Gasteiger partial charge in [0.2, 0.25) is 5.88 Å². The van der Waals surface area contributed by atoms with E-state index in [1.807, 2.05) is 24.3 Å². The molecule has 8 heteroatoms. The number of aliphatic hydroxyl groups is 1. The van der Waals surface area contributed by atoms with Crippen molar-refractivity contribution in [1.29, 1.82) is 0 Å². The number of ether oxygens (including phenoxy) is 2. The van der Waals surface area contributed by atoms with Crippen molar-refractivity contribution in [2.75, 3.05) is 59.2 Å². The summed E-state index contributed by atoms with van der Waals surface area (Å²) < 4.78 is 11.1. The van der Waals surface area contributed by atoms with Crippen molar-refractivity contribution in [2.45, 2.75) is 0 Å². The van der Waals surface area contributed by atoms with Gasteiger partial charge in [0.15, 0.2) is 6.61 Å². The summed E-state index contributed by atoms with van der Waals surface area (Å²) in [5.41, 5.74) is 0.784. The van der Waals surface area contributed by atoms with Crippen LogP contribution in [0.5, 0.6) is 5.88 Å². The molecule has 2 aromatic rings. The van der Waals surface area contributed by atoms with Gasteiger partial charge in [0, 0.05) is 45.2 Å². The predicted octanol–water partition coefficient (Wildman–Crippen LogP) is 0.408. The first-order chi connectivity index (χ1) is 13.7. The summed E-state index contributed by atoms with van der Waals surface area (Å²) in [5, 5.41) is 10.6. The standard InChI is InChI=1S/C20H26N4O4/c25-12-16-11-24(10-15(16)9-23-5-7-27-8-6-23)19(26)13-28-20-17-3-1-2-4-18(17)21-14-22-20/h1-4,14-16,25H,5-13H2/t15-,16-/m1/s1. The molecule has 2 aliphatic rings. The second kappa shape index (κ2) is 8.81. The van der Waals surface area contributed by atoms with E-state index in [1.165, 1.54) is 6.33 Å². The van der Waals surface area contributed by atoms with E-state index < -0.39 is 0 Å². The maximum atomic E-state index is 12.7. The number of hydrogen-bond acceptors (Lipinski definition) is 7. The van der Waals surface area contributed by atoms with Gasteiger partial charge in [0.05, 0.1) is 24.1 Å². The lowest BCUT2D eigenvalue weighted by Gasteiger charge is -2.30. The summed E-state index contributed by atoms with van der Waals surface area (Å²) in [5.74, 6) is 0.714. The molecule has 150 valence electrons. The van der Waals surface area contributed by atoms with E-state index in [9.17, 15) is 9.90 Å². The lowest BCUT2D eigenvalue weighted by Crippen LogP contribution is -2.41. The number of carbonyl (C=O) groups is 1. The Kier molecular flexibility index (Phi) is 5.99. The van der Waals surface area contributed by atoms with Gasteiger partial charge in [-0.05, 0) is 18.1 Å². The van der Waals surface area contributed by atoms with E-state index in [-0.39, 0.29) is 31.0 Å². The van der Waals surface area contributed by atoms with Gasteiger partial charge < -0.3 is 19.5 Å². The summed E-state index contributed by atoms with van der Waals surface area (Å²) in [6, 6.07) is 7.56. The SMILES string of the molecule is O=C(COc1ncnc2ccccc12)N1C[C@@H](CN2CCOCC2)[C@@H](CO)C1. The fourth-order valence-corrected chi connectivity index (χ4v) is 3.99. The van der Waals surface area contributed by atoms with E-state index >= 15 is 0 Å². The van der Waals surface area contributed by atoms with Crippen molar-refractivity contribution < 1.29 is 19.4 Å². The highest BCUT2D eigenvalue weighted by atomic mass is 16.5. The molecule has 0 spiro atoms. The minimum Gasteiger partial charge on any atom is -0.467 e. The maximum absolute atomic E-state index is 12.7. The number of nitrogens with zero attached hydrogens (tertiary/aromatic N) is 4. The van der Waals surface area contributed by atoms with Crippen molar-refractivity contribution in [2.24, 2.45) is 11.8 Å². The van der Waals surface area contributed by atoms with Crippen LogP contribution in [0.4, 0.5) is 0 Å². The predicted molar refractivity (Wildman–Crippen MR) is 103 cm³/mol. The minimum atomic E-state index is -0.0781. The van der Waals surface area contributed by atoms with Gasteiger partial charge >= 0.3 is 0 Å². The van der Waals surface area contributed by atoms with Crippen LogP contribution >= 0.6 is 0 Å². The third-order valence-electron chi connectivity index (χ3n) is 5.60. The van der Waals surface area contributed by atoms with E-state index in [2.05, 4.69) is 14.9 Å². The van der Waals surface area contributed by atoms with E-state index in [4.69, 9.17) is 9.47 Å². The highest BCUT2D eigenvalue weighted by molar-refractivity contribution is 5.84. The molecule has 0 bridgehead atoms. The van der Waals surface area contributed by atoms with Crippen LogP contribution in [0.2, 0.25) is 0 Å². The molecule has 1 amide bonds. The Balaban J connectivity index is 1.35. The second-order valence-electron chi connectivity index (χ2n) is 7.40. The molecule has 0 unspecified atom stereocenters. The van der Waals surface area contributed by atoms with Gasteiger partial charge in [-0.1, -0.05) is 12.1 Å². The summed E-state index contributed by atoms with van der Waals surface area (Å²) >= 11 is 0. The zero-order valence-electron chi connectivity index (χ0n) is 15.9. The number of fused-ring (bicyclic) bond motifs is 1. The summed E-state index contributed by atoms with van der Waals surface area (Å²) in [6.07, 6.45) is 1.44. The Morgan fingerprint density at radius 3 is 2.79 bits per heavy atom. The molecule has 28 heavy (non-hydrogen) atoms. The molecule has 1 aromatic carbocycles. The Bertz CT molecular complexity index is 806. The third-order valence-corrected chi connectivity index (χ3v) is 5.60. The van der Waals surface area contributed by atoms with Gasteiger partial charge in [-0.15, -0.1) is 0 Å². The molecule has 0 aliphatic carbocycles.